The Morgan fingerprint density at radius 1 is 1.65 bits per heavy atom. The summed E-state index contributed by atoms with van der Waals surface area (Å²) >= 11 is 3.15. The second-order valence-corrected chi connectivity index (χ2v) is 6.74. The Kier molecular flexibility index (Phi) is 4.97. The van der Waals surface area contributed by atoms with E-state index in [2.05, 4.69) is 25.8 Å². The fraction of sp³-hybridized carbons (Fsp3) is 0.636. The predicted octanol–water partition coefficient (Wildman–Crippen LogP) is 2.09. The van der Waals surface area contributed by atoms with Crippen molar-refractivity contribution in [1.82, 2.24) is 4.98 Å². The number of carboxylic acids is 1. The molecule has 0 aliphatic carbocycles. The van der Waals surface area contributed by atoms with Crippen LogP contribution in [0.5, 0.6) is 0 Å². The zero-order valence-electron chi connectivity index (χ0n) is 10.3. The Morgan fingerprint density at radius 2 is 2.29 bits per heavy atom. The third-order valence-corrected chi connectivity index (χ3v) is 4.47. The van der Waals surface area contributed by atoms with Crippen molar-refractivity contribution in [3.63, 3.8) is 0 Å². The topological polar surface area (TPSA) is 76.2 Å². The van der Waals surface area contributed by atoms with E-state index in [0.29, 0.717) is 11.5 Å². The van der Waals surface area contributed by atoms with Gasteiger partial charge < -0.3 is 10.8 Å². The van der Waals surface area contributed by atoms with Gasteiger partial charge >= 0.3 is 5.97 Å². The summed E-state index contributed by atoms with van der Waals surface area (Å²) in [7, 11) is 0. The van der Waals surface area contributed by atoms with Crippen molar-refractivity contribution in [3.8, 4) is 0 Å². The minimum absolute atomic E-state index is 0.0745. The van der Waals surface area contributed by atoms with Crippen LogP contribution < -0.4 is 5.73 Å². The molecule has 96 valence electrons. The Balaban J connectivity index is 2.43. The number of carboxylic acid groups (broad SMARTS) is 1. The molecule has 0 spiro atoms. The Hall–Kier alpha value is -0.590. The number of rotatable bonds is 5. The molecule has 0 saturated carbocycles. The summed E-state index contributed by atoms with van der Waals surface area (Å²) in [5, 5.41) is 11.8. The lowest BCUT2D eigenvalue weighted by atomic mass is 9.98. The van der Waals surface area contributed by atoms with Crippen LogP contribution in [0.25, 0.3) is 0 Å². The SMILES string of the molecule is CC(C)(C)c1nc(CSCC(N)C(=O)O)cs1. The lowest BCUT2D eigenvalue weighted by Crippen LogP contribution is -2.32. The van der Waals surface area contributed by atoms with Crippen molar-refractivity contribution < 1.29 is 9.90 Å². The van der Waals surface area contributed by atoms with Gasteiger partial charge in [-0.25, -0.2) is 4.98 Å². The molecule has 4 nitrogen and oxygen atoms in total. The third-order valence-electron chi connectivity index (χ3n) is 2.06. The molecule has 1 unspecified atom stereocenters. The first-order valence-electron chi connectivity index (χ1n) is 5.31. The number of thioether (sulfide) groups is 1. The molecule has 0 saturated heterocycles. The summed E-state index contributed by atoms with van der Waals surface area (Å²) in [6.07, 6.45) is 0. The van der Waals surface area contributed by atoms with Gasteiger partial charge in [-0.15, -0.1) is 11.3 Å². The molecule has 17 heavy (non-hydrogen) atoms. The minimum atomic E-state index is -0.953. The maximum absolute atomic E-state index is 10.5. The van der Waals surface area contributed by atoms with Crippen LogP contribution in [-0.2, 0) is 16.0 Å². The maximum Gasteiger partial charge on any atom is 0.321 e. The Bertz CT molecular complexity index is 385. The van der Waals surface area contributed by atoms with Crippen LogP contribution in [0.15, 0.2) is 5.38 Å². The van der Waals surface area contributed by atoms with Crippen LogP contribution in [0.1, 0.15) is 31.5 Å². The number of aromatic nitrogens is 1. The van der Waals surface area contributed by atoms with E-state index in [-0.39, 0.29) is 5.41 Å². The number of thiazole rings is 1. The van der Waals surface area contributed by atoms with E-state index in [1.165, 1.54) is 11.8 Å². The molecule has 0 fully saturated rings. The van der Waals surface area contributed by atoms with Crippen LogP contribution in [0.4, 0.5) is 0 Å². The van der Waals surface area contributed by atoms with Gasteiger partial charge in [-0.1, -0.05) is 20.8 Å². The normalized spacial score (nSPS) is 13.6. The van der Waals surface area contributed by atoms with E-state index in [9.17, 15) is 4.79 Å². The molecular weight excluding hydrogens is 256 g/mol. The number of nitrogens with zero attached hydrogens (tertiary/aromatic N) is 1. The van der Waals surface area contributed by atoms with Gasteiger partial charge in [0.1, 0.15) is 6.04 Å². The molecule has 1 aromatic rings. The molecule has 0 bridgehead atoms. The Labute approximate surface area is 110 Å². The molecule has 0 aromatic carbocycles. The summed E-state index contributed by atoms with van der Waals surface area (Å²) in [5.41, 5.74) is 6.49. The predicted molar refractivity (Wildman–Crippen MR) is 72.6 cm³/mol. The van der Waals surface area contributed by atoms with E-state index in [1.807, 2.05) is 5.38 Å². The second kappa shape index (κ2) is 5.84. The molecule has 1 atom stereocenters. The second-order valence-electron chi connectivity index (χ2n) is 4.85. The molecule has 0 aliphatic rings. The fourth-order valence-electron chi connectivity index (χ4n) is 1.08. The first-order valence-corrected chi connectivity index (χ1v) is 7.35. The zero-order chi connectivity index (χ0) is 13.1. The van der Waals surface area contributed by atoms with Gasteiger partial charge in [-0.2, -0.15) is 11.8 Å². The van der Waals surface area contributed by atoms with Crippen LogP contribution >= 0.6 is 23.1 Å². The van der Waals surface area contributed by atoms with Crippen molar-refractivity contribution in [2.24, 2.45) is 5.73 Å². The first kappa shape index (κ1) is 14.5. The summed E-state index contributed by atoms with van der Waals surface area (Å²) in [4.78, 5) is 15.1. The first-order chi connectivity index (χ1) is 7.80. The van der Waals surface area contributed by atoms with Crippen LogP contribution in [-0.4, -0.2) is 27.9 Å². The van der Waals surface area contributed by atoms with Crippen LogP contribution in [0.2, 0.25) is 0 Å². The van der Waals surface area contributed by atoms with Crippen LogP contribution in [0.3, 0.4) is 0 Å². The average molecular weight is 274 g/mol. The van der Waals surface area contributed by atoms with Crippen molar-refractivity contribution in [3.05, 3.63) is 16.1 Å². The van der Waals surface area contributed by atoms with Gasteiger partial charge in [0.25, 0.3) is 0 Å². The monoisotopic (exact) mass is 274 g/mol. The van der Waals surface area contributed by atoms with E-state index in [1.54, 1.807) is 11.3 Å². The molecule has 0 aliphatic heterocycles. The summed E-state index contributed by atoms with van der Waals surface area (Å²) in [5.74, 6) is 0.178. The van der Waals surface area contributed by atoms with E-state index < -0.39 is 12.0 Å². The van der Waals surface area contributed by atoms with Crippen molar-refractivity contribution in [2.45, 2.75) is 38.0 Å². The highest BCUT2D eigenvalue weighted by Gasteiger charge is 2.18. The van der Waals surface area contributed by atoms with Crippen molar-refractivity contribution in [1.29, 1.82) is 0 Å². The highest BCUT2D eigenvalue weighted by atomic mass is 32.2. The van der Waals surface area contributed by atoms with Gasteiger partial charge in [0.2, 0.25) is 0 Å². The van der Waals surface area contributed by atoms with Gasteiger partial charge in [0.05, 0.1) is 10.7 Å². The van der Waals surface area contributed by atoms with Crippen molar-refractivity contribution >= 4 is 29.1 Å². The molecule has 3 N–H and O–H groups in total. The lowest BCUT2D eigenvalue weighted by Gasteiger charge is -2.13. The maximum atomic E-state index is 10.5. The number of hydrogen-bond acceptors (Lipinski definition) is 5. The third kappa shape index (κ3) is 4.65. The van der Waals surface area contributed by atoms with Crippen molar-refractivity contribution in [2.75, 3.05) is 5.75 Å². The summed E-state index contributed by atoms with van der Waals surface area (Å²) in [6, 6.07) is -0.791. The van der Waals surface area contributed by atoms with E-state index >= 15 is 0 Å². The fourth-order valence-corrected chi connectivity index (χ4v) is 2.96. The molecule has 0 radical (unpaired) electrons. The van der Waals surface area contributed by atoms with Crippen LogP contribution in [0, 0.1) is 0 Å². The van der Waals surface area contributed by atoms with Gasteiger partial charge in [-0.3, -0.25) is 4.79 Å². The molecule has 1 heterocycles. The number of carbonyl (C=O) groups is 1. The smallest absolute Gasteiger partial charge is 0.321 e. The number of aliphatic carboxylic acids is 1. The standard InChI is InChI=1S/C11H18N2O2S2/c1-11(2,3)10-13-7(5-17-10)4-16-6-8(12)9(14)15/h5,8H,4,6,12H2,1-3H3,(H,14,15). The largest absolute Gasteiger partial charge is 0.480 e. The van der Waals surface area contributed by atoms with E-state index in [4.69, 9.17) is 10.8 Å². The highest BCUT2D eigenvalue weighted by Crippen LogP contribution is 2.26. The molecule has 1 aromatic heterocycles. The Morgan fingerprint density at radius 3 is 2.76 bits per heavy atom. The molecule has 1 rings (SSSR count). The summed E-state index contributed by atoms with van der Waals surface area (Å²) < 4.78 is 0. The number of nitrogens with two attached hydrogens (primary N) is 1. The number of hydrogen-bond donors (Lipinski definition) is 2. The van der Waals surface area contributed by atoms with Gasteiger partial charge in [-0.05, 0) is 0 Å². The quantitative estimate of drug-likeness (QED) is 0.859. The molecule has 6 heteroatoms. The summed E-state index contributed by atoms with van der Waals surface area (Å²) in [6.45, 7) is 6.38. The zero-order valence-corrected chi connectivity index (χ0v) is 11.9. The lowest BCUT2D eigenvalue weighted by molar-refractivity contribution is -0.137. The molecular formula is C11H18N2O2S2. The van der Waals surface area contributed by atoms with E-state index in [0.717, 1.165) is 10.7 Å². The van der Waals surface area contributed by atoms with Gasteiger partial charge in [0.15, 0.2) is 0 Å². The highest BCUT2D eigenvalue weighted by molar-refractivity contribution is 7.98. The van der Waals surface area contributed by atoms with Gasteiger partial charge in [0, 0.05) is 22.3 Å². The molecule has 0 amide bonds. The minimum Gasteiger partial charge on any atom is -0.480 e. The average Bonchev–Trinajstić information content (AvgIpc) is 2.65.